The van der Waals surface area contributed by atoms with Gasteiger partial charge in [-0.3, -0.25) is 9.59 Å². The maximum atomic E-state index is 12.1. The van der Waals surface area contributed by atoms with Crippen molar-refractivity contribution >= 4 is 29.4 Å². The van der Waals surface area contributed by atoms with Crippen molar-refractivity contribution in [2.45, 2.75) is 53.9 Å². The Bertz CT molecular complexity index is 637. The SMILES string of the molecule is C/C(=N\NC(=O)CC(C)(C)C(C)C)c1ccc(OCCCC(=O)S)cc1. The van der Waals surface area contributed by atoms with Gasteiger partial charge in [-0.05, 0) is 54.5 Å². The van der Waals surface area contributed by atoms with Gasteiger partial charge in [0.25, 0.3) is 0 Å². The van der Waals surface area contributed by atoms with Crippen LogP contribution in [0.4, 0.5) is 0 Å². The number of hydrogen-bond donors (Lipinski definition) is 2. The molecule has 0 unspecified atom stereocenters. The number of nitrogens with one attached hydrogen (secondary N) is 1. The summed E-state index contributed by atoms with van der Waals surface area (Å²) in [6.45, 7) is 10.7. The van der Waals surface area contributed by atoms with Crippen LogP contribution in [0, 0.1) is 11.3 Å². The van der Waals surface area contributed by atoms with Crippen LogP contribution in [0.25, 0.3) is 0 Å². The number of benzene rings is 1. The number of nitrogens with zero attached hydrogens (tertiary/aromatic N) is 1. The molecule has 0 atom stereocenters. The van der Waals surface area contributed by atoms with Gasteiger partial charge in [0.15, 0.2) is 5.12 Å². The van der Waals surface area contributed by atoms with Gasteiger partial charge in [-0.2, -0.15) is 5.10 Å². The molecule has 0 radical (unpaired) electrons. The first-order valence-corrected chi connectivity index (χ1v) is 9.34. The molecule has 1 aromatic rings. The van der Waals surface area contributed by atoms with Gasteiger partial charge in [-0.1, -0.05) is 27.7 Å². The van der Waals surface area contributed by atoms with E-state index < -0.39 is 0 Å². The van der Waals surface area contributed by atoms with Gasteiger partial charge in [0.1, 0.15) is 5.75 Å². The minimum Gasteiger partial charge on any atom is -0.494 e. The minimum atomic E-state index is -0.130. The van der Waals surface area contributed by atoms with Gasteiger partial charge in [0.05, 0.1) is 12.3 Å². The topological polar surface area (TPSA) is 67.8 Å². The predicted molar refractivity (Wildman–Crippen MR) is 109 cm³/mol. The van der Waals surface area contributed by atoms with Crippen LogP contribution in [0.5, 0.6) is 5.75 Å². The molecule has 144 valence electrons. The van der Waals surface area contributed by atoms with Crippen LogP contribution < -0.4 is 10.2 Å². The molecule has 0 saturated carbocycles. The molecule has 0 aliphatic carbocycles. The van der Waals surface area contributed by atoms with Crippen molar-refractivity contribution in [1.82, 2.24) is 5.43 Å². The molecule has 1 aromatic carbocycles. The van der Waals surface area contributed by atoms with Crippen LogP contribution in [0.15, 0.2) is 29.4 Å². The van der Waals surface area contributed by atoms with Crippen molar-refractivity contribution in [3.05, 3.63) is 29.8 Å². The molecule has 1 rings (SSSR count). The monoisotopic (exact) mass is 378 g/mol. The van der Waals surface area contributed by atoms with E-state index in [9.17, 15) is 9.59 Å². The van der Waals surface area contributed by atoms with E-state index in [0.29, 0.717) is 31.8 Å². The number of ether oxygens (including phenoxy) is 1. The van der Waals surface area contributed by atoms with Crippen LogP contribution in [0.1, 0.15) is 59.4 Å². The summed E-state index contributed by atoms with van der Waals surface area (Å²) in [4.78, 5) is 22.8. The van der Waals surface area contributed by atoms with Crippen LogP contribution in [-0.4, -0.2) is 23.3 Å². The number of thiol groups is 1. The minimum absolute atomic E-state index is 0.0654. The third-order valence-electron chi connectivity index (χ3n) is 4.60. The molecule has 0 aliphatic rings. The van der Waals surface area contributed by atoms with E-state index in [1.165, 1.54) is 0 Å². The summed E-state index contributed by atoms with van der Waals surface area (Å²) in [6, 6.07) is 7.48. The highest BCUT2D eigenvalue weighted by molar-refractivity contribution is 7.96. The Kier molecular flexibility index (Phi) is 8.85. The van der Waals surface area contributed by atoms with Crippen LogP contribution in [-0.2, 0) is 9.59 Å². The van der Waals surface area contributed by atoms with Crippen molar-refractivity contribution < 1.29 is 14.3 Å². The lowest BCUT2D eigenvalue weighted by Gasteiger charge is -2.27. The molecule has 1 N–H and O–H groups in total. The second-order valence-corrected chi connectivity index (χ2v) is 7.92. The smallest absolute Gasteiger partial charge is 0.240 e. The Labute approximate surface area is 162 Å². The number of carbonyl (C=O) groups excluding carboxylic acids is 2. The maximum Gasteiger partial charge on any atom is 0.240 e. The molecule has 0 bridgehead atoms. The van der Waals surface area contributed by atoms with E-state index in [1.54, 1.807) is 0 Å². The summed E-state index contributed by atoms with van der Waals surface area (Å²) in [5.41, 5.74) is 4.21. The maximum absolute atomic E-state index is 12.1. The number of hydrogen-bond acceptors (Lipinski definition) is 4. The van der Waals surface area contributed by atoms with Gasteiger partial charge >= 0.3 is 0 Å². The van der Waals surface area contributed by atoms with Crippen molar-refractivity contribution in [3.8, 4) is 5.75 Å². The Balaban J connectivity index is 2.53. The molecule has 0 spiro atoms. The van der Waals surface area contributed by atoms with E-state index in [-0.39, 0.29) is 16.4 Å². The van der Waals surface area contributed by atoms with Crippen LogP contribution >= 0.6 is 12.6 Å². The fraction of sp³-hybridized carbons (Fsp3) is 0.550. The molecule has 5 nitrogen and oxygen atoms in total. The number of carbonyl (C=O) groups is 2. The van der Waals surface area contributed by atoms with Gasteiger partial charge in [-0.25, -0.2) is 5.43 Å². The summed E-state index contributed by atoms with van der Waals surface area (Å²) >= 11 is 3.72. The van der Waals surface area contributed by atoms with Crippen LogP contribution in [0.3, 0.4) is 0 Å². The van der Waals surface area contributed by atoms with Crippen molar-refractivity contribution in [2.75, 3.05) is 6.61 Å². The number of hydrazone groups is 1. The van der Waals surface area contributed by atoms with Gasteiger partial charge in [-0.15, -0.1) is 12.6 Å². The summed E-state index contributed by atoms with van der Waals surface area (Å²) in [5.74, 6) is 1.06. The largest absolute Gasteiger partial charge is 0.494 e. The third kappa shape index (κ3) is 8.04. The fourth-order valence-corrected chi connectivity index (χ4v) is 2.23. The van der Waals surface area contributed by atoms with Crippen molar-refractivity contribution in [3.63, 3.8) is 0 Å². The summed E-state index contributed by atoms with van der Waals surface area (Å²) in [7, 11) is 0. The normalized spacial score (nSPS) is 12.2. The molecule has 0 aromatic heterocycles. The van der Waals surface area contributed by atoms with Gasteiger partial charge in [0, 0.05) is 12.8 Å². The van der Waals surface area contributed by atoms with Crippen LogP contribution in [0.2, 0.25) is 0 Å². The average Bonchev–Trinajstić information content (AvgIpc) is 2.56. The highest BCUT2D eigenvalue weighted by Gasteiger charge is 2.25. The molecule has 0 aliphatic heterocycles. The predicted octanol–water partition coefficient (Wildman–Crippen LogP) is 4.21. The zero-order valence-electron chi connectivity index (χ0n) is 16.3. The lowest BCUT2D eigenvalue weighted by molar-refractivity contribution is -0.123. The second-order valence-electron chi connectivity index (χ2n) is 7.42. The summed E-state index contributed by atoms with van der Waals surface area (Å²) in [6.07, 6.45) is 1.48. The van der Waals surface area contributed by atoms with E-state index in [1.807, 2.05) is 31.2 Å². The molecular formula is C20H30N2O3S. The van der Waals surface area contributed by atoms with Gasteiger partial charge < -0.3 is 4.74 Å². The fourth-order valence-electron chi connectivity index (χ4n) is 2.07. The standard InChI is InChI=1S/C20H30N2O3S/c1-14(2)20(4,5)13-18(23)22-21-15(3)16-8-10-17(11-9-16)25-12-6-7-19(24)26/h8-11,14H,6-7,12-13H2,1-5H3,(H,22,23)(H,24,26)/b21-15+. The zero-order valence-corrected chi connectivity index (χ0v) is 17.2. The Morgan fingerprint density at radius 2 is 1.85 bits per heavy atom. The molecule has 26 heavy (non-hydrogen) atoms. The van der Waals surface area contributed by atoms with Crippen molar-refractivity contribution in [2.24, 2.45) is 16.4 Å². The molecule has 6 heteroatoms. The Hall–Kier alpha value is -1.82. The lowest BCUT2D eigenvalue weighted by atomic mass is 9.78. The average molecular weight is 379 g/mol. The number of amides is 1. The van der Waals surface area contributed by atoms with Gasteiger partial charge in [0.2, 0.25) is 5.91 Å². The highest BCUT2D eigenvalue weighted by Crippen LogP contribution is 2.29. The second kappa shape index (κ2) is 10.4. The summed E-state index contributed by atoms with van der Waals surface area (Å²) in [5, 5.41) is 4.06. The van der Waals surface area contributed by atoms with E-state index in [2.05, 4.69) is 50.9 Å². The first kappa shape index (κ1) is 22.2. The molecule has 0 saturated heterocycles. The first-order valence-electron chi connectivity index (χ1n) is 8.90. The molecule has 0 heterocycles. The van der Waals surface area contributed by atoms with E-state index in [0.717, 1.165) is 17.0 Å². The Morgan fingerprint density at radius 1 is 1.23 bits per heavy atom. The third-order valence-corrected chi connectivity index (χ3v) is 4.83. The lowest BCUT2D eigenvalue weighted by Crippen LogP contribution is -2.29. The Morgan fingerprint density at radius 3 is 2.38 bits per heavy atom. The molecular weight excluding hydrogens is 348 g/mol. The summed E-state index contributed by atoms with van der Waals surface area (Å²) < 4.78 is 5.57. The van der Waals surface area contributed by atoms with E-state index in [4.69, 9.17) is 4.74 Å². The zero-order chi connectivity index (χ0) is 19.7. The number of rotatable bonds is 10. The first-order chi connectivity index (χ1) is 12.1. The highest BCUT2D eigenvalue weighted by atomic mass is 32.1. The van der Waals surface area contributed by atoms with Crippen molar-refractivity contribution in [1.29, 1.82) is 0 Å². The quantitative estimate of drug-likeness (QED) is 0.277. The molecule has 1 amide bonds. The van der Waals surface area contributed by atoms with E-state index >= 15 is 0 Å². The molecule has 0 fully saturated rings.